The van der Waals surface area contributed by atoms with Gasteiger partial charge in [0, 0.05) is 0 Å². The Kier molecular flexibility index (Phi) is 3.39. The molecule has 0 saturated heterocycles. The summed E-state index contributed by atoms with van der Waals surface area (Å²) in [5.41, 5.74) is -0.692. The van der Waals surface area contributed by atoms with Crippen LogP contribution in [-0.2, 0) is 4.74 Å². The van der Waals surface area contributed by atoms with Crippen LogP contribution in [0.25, 0.3) is 10.9 Å². The van der Waals surface area contributed by atoms with Crippen LogP contribution in [0.15, 0.2) is 18.3 Å². The monoisotopic (exact) mass is 297 g/mol. The minimum absolute atomic E-state index is 0.00811. The third-order valence-electron chi connectivity index (χ3n) is 2.42. The van der Waals surface area contributed by atoms with E-state index in [1.54, 1.807) is 20.8 Å². The van der Waals surface area contributed by atoms with Crippen LogP contribution in [0.1, 0.15) is 20.8 Å². The summed E-state index contributed by atoms with van der Waals surface area (Å²) < 4.78 is 6.16. The maximum absolute atomic E-state index is 12.0. The van der Waals surface area contributed by atoms with E-state index in [0.717, 1.165) is 4.68 Å². The summed E-state index contributed by atoms with van der Waals surface area (Å²) in [5, 5.41) is 15.0. The molecule has 106 valence electrons. The van der Waals surface area contributed by atoms with Crippen LogP contribution in [0, 0.1) is 10.1 Å². The first-order valence-electron chi connectivity index (χ1n) is 5.74. The van der Waals surface area contributed by atoms with E-state index in [1.165, 1.54) is 18.3 Å². The summed E-state index contributed by atoms with van der Waals surface area (Å²) in [6.07, 6.45) is 0.521. The molecule has 20 heavy (non-hydrogen) atoms. The molecule has 0 atom stereocenters. The largest absolute Gasteiger partial charge is 0.442 e. The first-order valence-corrected chi connectivity index (χ1v) is 6.12. The average molecular weight is 298 g/mol. The second-order valence-electron chi connectivity index (χ2n) is 5.12. The Morgan fingerprint density at radius 1 is 1.45 bits per heavy atom. The number of carbonyl (C=O) groups is 1. The molecule has 0 aliphatic heterocycles. The van der Waals surface area contributed by atoms with Gasteiger partial charge < -0.3 is 4.74 Å². The van der Waals surface area contributed by atoms with Crippen molar-refractivity contribution in [1.29, 1.82) is 0 Å². The Hall–Kier alpha value is -2.15. The molecule has 2 aromatic rings. The van der Waals surface area contributed by atoms with Gasteiger partial charge in [0.15, 0.2) is 0 Å². The zero-order valence-corrected chi connectivity index (χ0v) is 11.8. The molecule has 0 amide bonds. The Labute approximate surface area is 119 Å². The Morgan fingerprint density at radius 3 is 2.65 bits per heavy atom. The number of benzene rings is 1. The first-order chi connectivity index (χ1) is 9.20. The van der Waals surface area contributed by atoms with Crippen molar-refractivity contribution in [2.24, 2.45) is 0 Å². The predicted octanol–water partition coefficient (Wildman–Crippen LogP) is 3.38. The SMILES string of the molecule is CC(C)(C)OC(=O)n1ncc2c([N+](=O)[O-])c(Cl)ccc21. The number of nitrogens with zero attached hydrogens (tertiary/aromatic N) is 3. The number of nitro benzene ring substituents is 1. The van der Waals surface area contributed by atoms with Gasteiger partial charge in [0.1, 0.15) is 10.6 Å². The fourth-order valence-corrected chi connectivity index (χ4v) is 1.93. The summed E-state index contributed by atoms with van der Waals surface area (Å²) in [4.78, 5) is 22.4. The lowest BCUT2D eigenvalue weighted by atomic mass is 10.2. The fourth-order valence-electron chi connectivity index (χ4n) is 1.70. The Balaban J connectivity index is 2.56. The van der Waals surface area contributed by atoms with Crippen molar-refractivity contribution in [3.63, 3.8) is 0 Å². The predicted molar refractivity (Wildman–Crippen MR) is 73.0 cm³/mol. The number of aromatic nitrogens is 2. The number of fused-ring (bicyclic) bond motifs is 1. The normalized spacial score (nSPS) is 11.6. The van der Waals surface area contributed by atoms with Gasteiger partial charge in [0.05, 0.1) is 22.0 Å². The summed E-state index contributed by atoms with van der Waals surface area (Å²) in [7, 11) is 0. The van der Waals surface area contributed by atoms with E-state index in [1.807, 2.05) is 0 Å². The summed E-state index contributed by atoms with van der Waals surface area (Å²) >= 11 is 5.80. The van der Waals surface area contributed by atoms with E-state index in [9.17, 15) is 14.9 Å². The van der Waals surface area contributed by atoms with Gasteiger partial charge in [-0.05, 0) is 32.9 Å². The molecule has 0 bridgehead atoms. The second-order valence-corrected chi connectivity index (χ2v) is 5.53. The lowest BCUT2D eigenvalue weighted by Crippen LogP contribution is -2.27. The molecule has 0 spiro atoms. The number of ether oxygens (including phenoxy) is 1. The van der Waals surface area contributed by atoms with E-state index in [0.29, 0.717) is 0 Å². The molecule has 1 aromatic heterocycles. The Bertz CT molecular complexity index is 703. The van der Waals surface area contributed by atoms with Crippen LogP contribution in [0.2, 0.25) is 5.02 Å². The zero-order chi connectivity index (χ0) is 15.1. The minimum atomic E-state index is -0.705. The molecule has 0 fully saturated rings. The van der Waals surface area contributed by atoms with Crippen LogP contribution < -0.4 is 0 Å². The maximum Gasteiger partial charge on any atom is 0.435 e. The van der Waals surface area contributed by atoms with Crippen LogP contribution >= 0.6 is 11.6 Å². The van der Waals surface area contributed by atoms with Gasteiger partial charge in [-0.2, -0.15) is 9.78 Å². The van der Waals surface area contributed by atoms with Crippen LogP contribution in [0.5, 0.6) is 0 Å². The lowest BCUT2D eigenvalue weighted by Gasteiger charge is -2.19. The number of hydrogen-bond acceptors (Lipinski definition) is 5. The number of halogens is 1. The molecule has 0 radical (unpaired) electrons. The lowest BCUT2D eigenvalue weighted by molar-refractivity contribution is -0.382. The Morgan fingerprint density at radius 2 is 2.10 bits per heavy atom. The second kappa shape index (κ2) is 4.75. The highest BCUT2D eigenvalue weighted by Crippen LogP contribution is 2.33. The average Bonchev–Trinajstić information content (AvgIpc) is 2.69. The topological polar surface area (TPSA) is 87.3 Å². The van der Waals surface area contributed by atoms with Gasteiger partial charge in [0.2, 0.25) is 0 Å². The van der Waals surface area contributed by atoms with Crippen LogP contribution in [0.4, 0.5) is 10.5 Å². The third kappa shape index (κ3) is 2.57. The molecular weight excluding hydrogens is 286 g/mol. The first kappa shape index (κ1) is 14.3. The van der Waals surface area contributed by atoms with E-state index < -0.39 is 16.6 Å². The summed E-state index contributed by atoms with van der Waals surface area (Å²) in [5.74, 6) is 0. The fraction of sp³-hybridized carbons (Fsp3) is 0.333. The molecule has 2 rings (SSSR count). The molecule has 0 N–H and O–H groups in total. The molecule has 7 nitrogen and oxygen atoms in total. The van der Waals surface area contributed by atoms with Crippen molar-refractivity contribution >= 4 is 34.3 Å². The number of hydrogen-bond donors (Lipinski definition) is 0. The third-order valence-corrected chi connectivity index (χ3v) is 2.73. The van der Waals surface area contributed by atoms with Crippen molar-refractivity contribution in [1.82, 2.24) is 9.78 Å². The number of rotatable bonds is 1. The smallest absolute Gasteiger partial charge is 0.435 e. The van der Waals surface area contributed by atoms with Crippen LogP contribution in [0.3, 0.4) is 0 Å². The van der Waals surface area contributed by atoms with E-state index in [4.69, 9.17) is 16.3 Å². The summed E-state index contributed by atoms with van der Waals surface area (Å²) in [6, 6.07) is 2.84. The molecule has 1 heterocycles. The van der Waals surface area contributed by atoms with Gasteiger partial charge in [-0.15, -0.1) is 0 Å². The van der Waals surface area contributed by atoms with E-state index in [2.05, 4.69) is 5.10 Å². The van der Waals surface area contributed by atoms with Crippen LogP contribution in [-0.4, -0.2) is 26.4 Å². The maximum atomic E-state index is 12.0. The highest BCUT2D eigenvalue weighted by Gasteiger charge is 2.24. The van der Waals surface area contributed by atoms with E-state index >= 15 is 0 Å². The molecule has 0 aliphatic carbocycles. The summed E-state index contributed by atoms with van der Waals surface area (Å²) in [6.45, 7) is 5.15. The van der Waals surface area contributed by atoms with E-state index in [-0.39, 0.29) is 21.6 Å². The quantitative estimate of drug-likeness (QED) is 0.595. The van der Waals surface area contributed by atoms with Crippen molar-refractivity contribution < 1.29 is 14.5 Å². The van der Waals surface area contributed by atoms with Crippen molar-refractivity contribution in [2.75, 3.05) is 0 Å². The van der Waals surface area contributed by atoms with Crippen molar-refractivity contribution in [2.45, 2.75) is 26.4 Å². The standard InChI is InChI=1S/C12H12ClN3O4/c1-12(2,3)20-11(17)15-9-5-4-8(13)10(16(18)19)7(9)6-14-15/h4-6H,1-3H3. The highest BCUT2D eigenvalue weighted by atomic mass is 35.5. The van der Waals surface area contributed by atoms with Crippen molar-refractivity contribution in [3.8, 4) is 0 Å². The zero-order valence-electron chi connectivity index (χ0n) is 11.1. The van der Waals surface area contributed by atoms with Gasteiger partial charge in [-0.25, -0.2) is 4.79 Å². The minimum Gasteiger partial charge on any atom is -0.442 e. The molecule has 1 aromatic carbocycles. The van der Waals surface area contributed by atoms with Gasteiger partial charge in [-0.1, -0.05) is 11.6 Å². The number of nitro groups is 1. The molecular formula is C12H12ClN3O4. The molecule has 8 heteroatoms. The number of carbonyl (C=O) groups excluding carboxylic acids is 1. The van der Waals surface area contributed by atoms with Gasteiger partial charge in [-0.3, -0.25) is 10.1 Å². The van der Waals surface area contributed by atoms with Gasteiger partial charge in [0.25, 0.3) is 5.69 Å². The molecule has 0 aliphatic rings. The molecule has 0 saturated carbocycles. The van der Waals surface area contributed by atoms with Crippen molar-refractivity contribution in [3.05, 3.63) is 33.5 Å². The highest BCUT2D eigenvalue weighted by molar-refractivity contribution is 6.34. The van der Waals surface area contributed by atoms with Gasteiger partial charge >= 0.3 is 6.09 Å². The molecule has 0 unspecified atom stereocenters.